The SMILES string of the molecule is C=CC(=O)OCCCc1cccnc1. The van der Waals surface area contributed by atoms with Crippen LogP contribution in [0, 0.1) is 0 Å². The molecule has 0 spiro atoms. The first-order valence-electron chi connectivity index (χ1n) is 4.51. The van der Waals surface area contributed by atoms with Crippen molar-refractivity contribution in [2.75, 3.05) is 6.61 Å². The van der Waals surface area contributed by atoms with E-state index in [1.165, 1.54) is 6.08 Å². The van der Waals surface area contributed by atoms with Gasteiger partial charge in [-0.1, -0.05) is 12.6 Å². The highest BCUT2D eigenvalue weighted by atomic mass is 16.5. The first-order valence-corrected chi connectivity index (χ1v) is 4.51. The van der Waals surface area contributed by atoms with Gasteiger partial charge in [0.25, 0.3) is 0 Å². The number of esters is 1. The molecule has 3 nitrogen and oxygen atoms in total. The third-order valence-electron chi connectivity index (χ3n) is 1.74. The zero-order chi connectivity index (χ0) is 10.2. The molecule has 14 heavy (non-hydrogen) atoms. The highest BCUT2D eigenvalue weighted by molar-refractivity contribution is 5.81. The average Bonchev–Trinajstić information content (AvgIpc) is 2.25. The Morgan fingerprint density at radius 3 is 3.14 bits per heavy atom. The van der Waals surface area contributed by atoms with Gasteiger partial charge < -0.3 is 4.74 Å². The maximum absolute atomic E-state index is 10.7. The second-order valence-corrected chi connectivity index (χ2v) is 2.84. The lowest BCUT2D eigenvalue weighted by molar-refractivity contribution is -0.137. The lowest BCUT2D eigenvalue weighted by Gasteiger charge is -2.01. The summed E-state index contributed by atoms with van der Waals surface area (Å²) in [5.41, 5.74) is 1.15. The molecule has 0 atom stereocenters. The molecule has 1 rings (SSSR count). The van der Waals surface area contributed by atoms with Crippen LogP contribution >= 0.6 is 0 Å². The number of rotatable bonds is 5. The smallest absolute Gasteiger partial charge is 0.330 e. The molecule has 0 aromatic carbocycles. The van der Waals surface area contributed by atoms with Crippen LogP contribution in [-0.2, 0) is 16.0 Å². The number of ether oxygens (including phenoxy) is 1. The van der Waals surface area contributed by atoms with Crippen LogP contribution in [0.4, 0.5) is 0 Å². The molecule has 0 N–H and O–H groups in total. The van der Waals surface area contributed by atoms with Gasteiger partial charge in [0, 0.05) is 18.5 Å². The molecule has 1 aromatic rings. The van der Waals surface area contributed by atoms with Crippen LogP contribution in [0.3, 0.4) is 0 Å². The van der Waals surface area contributed by atoms with E-state index in [1.807, 2.05) is 18.3 Å². The van der Waals surface area contributed by atoms with E-state index in [0.717, 1.165) is 18.4 Å². The maximum atomic E-state index is 10.7. The molecule has 0 aliphatic heterocycles. The van der Waals surface area contributed by atoms with Crippen molar-refractivity contribution in [1.82, 2.24) is 4.98 Å². The lowest BCUT2D eigenvalue weighted by atomic mass is 10.2. The summed E-state index contributed by atoms with van der Waals surface area (Å²) in [6.45, 7) is 3.74. The third-order valence-corrected chi connectivity index (χ3v) is 1.74. The summed E-state index contributed by atoms with van der Waals surface area (Å²) in [6.07, 6.45) is 6.41. The fourth-order valence-electron chi connectivity index (χ4n) is 1.05. The summed E-state index contributed by atoms with van der Waals surface area (Å²) in [4.78, 5) is 14.7. The molecule has 1 aromatic heterocycles. The van der Waals surface area contributed by atoms with Gasteiger partial charge in [0.05, 0.1) is 6.61 Å². The monoisotopic (exact) mass is 191 g/mol. The normalized spacial score (nSPS) is 9.43. The minimum Gasteiger partial charge on any atom is -0.463 e. The van der Waals surface area contributed by atoms with Gasteiger partial charge in [-0.3, -0.25) is 4.98 Å². The number of aromatic nitrogens is 1. The molecule has 0 aliphatic carbocycles. The van der Waals surface area contributed by atoms with Gasteiger partial charge in [0.1, 0.15) is 0 Å². The van der Waals surface area contributed by atoms with Crippen molar-refractivity contribution in [3.8, 4) is 0 Å². The van der Waals surface area contributed by atoms with Gasteiger partial charge in [-0.25, -0.2) is 4.79 Å². The fourth-order valence-corrected chi connectivity index (χ4v) is 1.05. The van der Waals surface area contributed by atoms with E-state index in [2.05, 4.69) is 11.6 Å². The molecular weight excluding hydrogens is 178 g/mol. The number of pyridine rings is 1. The zero-order valence-corrected chi connectivity index (χ0v) is 7.98. The van der Waals surface area contributed by atoms with Crippen molar-refractivity contribution >= 4 is 5.97 Å². The summed E-state index contributed by atoms with van der Waals surface area (Å²) in [7, 11) is 0. The number of hydrogen-bond donors (Lipinski definition) is 0. The minimum absolute atomic E-state index is 0.365. The van der Waals surface area contributed by atoms with Crippen molar-refractivity contribution in [1.29, 1.82) is 0 Å². The van der Waals surface area contributed by atoms with Crippen LogP contribution in [0.5, 0.6) is 0 Å². The Morgan fingerprint density at radius 2 is 2.50 bits per heavy atom. The number of hydrogen-bond acceptors (Lipinski definition) is 3. The van der Waals surface area contributed by atoms with Gasteiger partial charge in [-0.2, -0.15) is 0 Å². The van der Waals surface area contributed by atoms with Crippen LogP contribution in [0.15, 0.2) is 37.2 Å². The predicted molar refractivity (Wildman–Crippen MR) is 53.7 cm³/mol. The summed E-state index contributed by atoms with van der Waals surface area (Å²) in [5, 5.41) is 0. The molecule has 0 fully saturated rings. The maximum Gasteiger partial charge on any atom is 0.330 e. The Labute approximate surface area is 83.4 Å². The first kappa shape index (κ1) is 10.4. The molecule has 0 radical (unpaired) electrons. The molecule has 0 unspecified atom stereocenters. The van der Waals surface area contributed by atoms with Crippen molar-refractivity contribution in [2.24, 2.45) is 0 Å². The van der Waals surface area contributed by atoms with E-state index in [0.29, 0.717) is 6.61 Å². The Balaban J connectivity index is 2.16. The van der Waals surface area contributed by atoms with E-state index in [-0.39, 0.29) is 5.97 Å². The minimum atomic E-state index is -0.365. The van der Waals surface area contributed by atoms with Gasteiger partial charge in [-0.05, 0) is 24.5 Å². The lowest BCUT2D eigenvalue weighted by Crippen LogP contribution is -2.02. The van der Waals surface area contributed by atoms with Crippen LogP contribution in [0.1, 0.15) is 12.0 Å². The van der Waals surface area contributed by atoms with E-state index >= 15 is 0 Å². The Kier molecular flexibility index (Phi) is 4.41. The number of aryl methyl sites for hydroxylation is 1. The molecule has 0 saturated heterocycles. The summed E-state index contributed by atoms with van der Waals surface area (Å²) in [5.74, 6) is -0.365. The van der Waals surface area contributed by atoms with Gasteiger partial charge in [-0.15, -0.1) is 0 Å². The Bertz CT molecular complexity index is 295. The summed E-state index contributed by atoms with van der Waals surface area (Å²) in [6, 6.07) is 3.90. The predicted octanol–water partition coefficient (Wildman–Crippen LogP) is 1.74. The van der Waals surface area contributed by atoms with Gasteiger partial charge in [0.15, 0.2) is 0 Å². The molecule has 0 bridgehead atoms. The number of carbonyl (C=O) groups is 1. The first-order chi connectivity index (χ1) is 6.83. The quantitative estimate of drug-likeness (QED) is 0.404. The van der Waals surface area contributed by atoms with E-state index in [1.54, 1.807) is 6.20 Å². The summed E-state index contributed by atoms with van der Waals surface area (Å²) >= 11 is 0. The molecule has 0 saturated carbocycles. The second-order valence-electron chi connectivity index (χ2n) is 2.84. The largest absolute Gasteiger partial charge is 0.463 e. The molecule has 1 heterocycles. The highest BCUT2D eigenvalue weighted by Crippen LogP contribution is 2.00. The summed E-state index contributed by atoms with van der Waals surface area (Å²) < 4.78 is 4.84. The Hall–Kier alpha value is -1.64. The molecule has 0 aliphatic rings. The van der Waals surface area contributed by atoms with Crippen LogP contribution in [-0.4, -0.2) is 17.6 Å². The Morgan fingerprint density at radius 1 is 1.64 bits per heavy atom. The molecule has 0 amide bonds. The van der Waals surface area contributed by atoms with Crippen LogP contribution < -0.4 is 0 Å². The van der Waals surface area contributed by atoms with Crippen LogP contribution in [0.25, 0.3) is 0 Å². The highest BCUT2D eigenvalue weighted by Gasteiger charge is 1.96. The fraction of sp³-hybridized carbons (Fsp3) is 0.273. The van der Waals surface area contributed by atoms with Gasteiger partial charge in [0.2, 0.25) is 0 Å². The average molecular weight is 191 g/mol. The molecular formula is C11H13NO2. The van der Waals surface area contributed by atoms with E-state index < -0.39 is 0 Å². The van der Waals surface area contributed by atoms with Gasteiger partial charge >= 0.3 is 5.97 Å². The van der Waals surface area contributed by atoms with Crippen LogP contribution in [0.2, 0.25) is 0 Å². The van der Waals surface area contributed by atoms with E-state index in [4.69, 9.17) is 4.74 Å². The number of nitrogens with zero attached hydrogens (tertiary/aromatic N) is 1. The van der Waals surface area contributed by atoms with Crippen molar-refractivity contribution in [2.45, 2.75) is 12.8 Å². The standard InChI is InChI=1S/C11H13NO2/c1-2-11(13)14-8-4-6-10-5-3-7-12-9-10/h2-3,5,7,9H,1,4,6,8H2. The third kappa shape index (κ3) is 3.85. The zero-order valence-electron chi connectivity index (χ0n) is 7.98. The van der Waals surface area contributed by atoms with Crippen molar-refractivity contribution in [3.63, 3.8) is 0 Å². The second kappa shape index (κ2) is 5.91. The van der Waals surface area contributed by atoms with Crippen molar-refractivity contribution < 1.29 is 9.53 Å². The molecule has 3 heteroatoms. The molecule has 74 valence electrons. The van der Waals surface area contributed by atoms with Crippen molar-refractivity contribution in [3.05, 3.63) is 42.7 Å². The number of carbonyl (C=O) groups excluding carboxylic acids is 1. The topological polar surface area (TPSA) is 39.2 Å². The van der Waals surface area contributed by atoms with E-state index in [9.17, 15) is 4.79 Å².